The summed E-state index contributed by atoms with van der Waals surface area (Å²) >= 11 is 5.85. The Bertz CT molecular complexity index is 367. The number of rotatable bonds is 2. The van der Waals surface area contributed by atoms with Crippen molar-refractivity contribution in [1.29, 1.82) is 0 Å². The first-order chi connectivity index (χ1) is 7.70. The Hall–Kier alpha value is -1.09. The van der Waals surface area contributed by atoms with Crippen LogP contribution < -0.4 is 0 Å². The second kappa shape index (κ2) is 4.83. The third-order valence-electron chi connectivity index (χ3n) is 2.95. The highest BCUT2D eigenvalue weighted by Crippen LogP contribution is 2.32. The molecule has 0 N–H and O–H groups in total. The molecule has 86 valence electrons. The lowest BCUT2D eigenvalue weighted by Crippen LogP contribution is -2.35. The molecule has 0 radical (unpaired) electrons. The second-order valence-corrected chi connectivity index (χ2v) is 4.75. The monoisotopic (exact) mass is 238 g/mol. The van der Waals surface area contributed by atoms with Gasteiger partial charge in [-0.2, -0.15) is 0 Å². The summed E-state index contributed by atoms with van der Waals surface area (Å²) in [7, 11) is 0. The Morgan fingerprint density at radius 2 is 2.50 bits per heavy atom. The molecular formula is C12H15ClN2O. The topological polar surface area (TPSA) is 33.2 Å². The molecule has 0 aromatic carbocycles. The van der Waals surface area contributed by atoms with Gasteiger partial charge in [0.1, 0.15) is 5.38 Å². The number of pyridine rings is 1. The number of hydrogen-bond donors (Lipinski definition) is 0. The SMILES string of the molecule is C[C@H](Cl)C(=O)N1CCC[C@H]1c1cccnc1. The van der Waals surface area contributed by atoms with Crippen molar-refractivity contribution in [2.45, 2.75) is 31.2 Å². The van der Waals surface area contributed by atoms with Gasteiger partial charge in [0, 0.05) is 18.9 Å². The van der Waals surface area contributed by atoms with E-state index in [1.54, 1.807) is 13.1 Å². The molecule has 0 aliphatic carbocycles. The Morgan fingerprint density at radius 1 is 1.69 bits per heavy atom. The van der Waals surface area contributed by atoms with Gasteiger partial charge in [-0.1, -0.05) is 6.07 Å². The van der Waals surface area contributed by atoms with Crippen molar-refractivity contribution in [2.24, 2.45) is 0 Å². The van der Waals surface area contributed by atoms with Gasteiger partial charge in [-0.25, -0.2) is 0 Å². The minimum absolute atomic E-state index is 0.0213. The van der Waals surface area contributed by atoms with Gasteiger partial charge in [0.15, 0.2) is 0 Å². The van der Waals surface area contributed by atoms with Crippen LogP contribution in [0.3, 0.4) is 0 Å². The Morgan fingerprint density at radius 3 is 3.12 bits per heavy atom. The molecule has 0 saturated carbocycles. The highest BCUT2D eigenvalue weighted by molar-refractivity contribution is 6.30. The Kier molecular flexibility index (Phi) is 3.44. The van der Waals surface area contributed by atoms with Crippen LogP contribution in [0.4, 0.5) is 0 Å². The maximum atomic E-state index is 11.9. The van der Waals surface area contributed by atoms with Gasteiger partial charge in [0.25, 0.3) is 0 Å². The number of aromatic nitrogens is 1. The molecule has 1 saturated heterocycles. The zero-order valence-electron chi connectivity index (χ0n) is 9.27. The number of carbonyl (C=O) groups excluding carboxylic acids is 1. The standard InChI is InChI=1S/C12H15ClN2O/c1-9(13)12(16)15-7-3-5-11(15)10-4-2-6-14-8-10/h2,4,6,8-9,11H,3,5,7H2,1H3/t9-,11-/m0/s1. The summed E-state index contributed by atoms with van der Waals surface area (Å²) in [6, 6.07) is 4.07. The second-order valence-electron chi connectivity index (χ2n) is 4.09. The average Bonchev–Trinajstić information content (AvgIpc) is 2.77. The van der Waals surface area contributed by atoms with Crippen molar-refractivity contribution in [3.05, 3.63) is 30.1 Å². The van der Waals surface area contributed by atoms with Crippen molar-refractivity contribution in [1.82, 2.24) is 9.88 Å². The van der Waals surface area contributed by atoms with Crippen molar-refractivity contribution in [2.75, 3.05) is 6.54 Å². The molecule has 0 spiro atoms. The molecule has 1 amide bonds. The molecule has 3 nitrogen and oxygen atoms in total. The van der Waals surface area contributed by atoms with E-state index in [0.29, 0.717) is 0 Å². The fraction of sp³-hybridized carbons (Fsp3) is 0.500. The van der Waals surface area contributed by atoms with Gasteiger partial charge in [0.05, 0.1) is 6.04 Å². The number of carbonyl (C=O) groups is 1. The molecule has 0 bridgehead atoms. The third kappa shape index (κ3) is 2.19. The maximum absolute atomic E-state index is 11.9. The maximum Gasteiger partial charge on any atom is 0.240 e. The normalized spacial score (nSPS) is 22.1. The predicted octanol–water partition coefficient (Wildman–Crippen LogP) is 2.37. The van der Waals surface area contributed by atoms with Crippen molar-refractivity contribution in [3.63, 3.8) is 0 Å². The Labute approximate surface area is 100 Å². The van der Waals surface area contributed by atoms with Gasteiger partial charge in [0.2, 0.25) is 5.91 Å². The molecule has 2 atom stereocenters. The summed E-state index contributed by atoms with van der Waals surface area (Å²) < 4.78 is 0. The van der Waals surface area contributed by atoms with Crippen LogP contribution >= 0.6 is 11.6 Å². The van der Waals surface area contributed by atoms with E-state index in [2.05, 4.69) is 4.98 Å². The molecule has 2 heterocycles. The van der Waals surface area contributed by atoms with Crippen LogP contribution in [0.5, 0.6) is 0 Å². The summed E-state index contributed by atoms with van der Waals surface area (Å²) in [5.41, 5.74) is 1.10. The number of amides is 1. The Balaban J connectivity index is 2.19. The zero-order chi connectivity index (χ0) is 11.5. The van der Waals surface area contributed by atoms with E-state index < -0.39 is 5.38 Å². The lowest BCUT2D eigenvalue weighted by molar-refractivity contribution is -0.131. The number of likely N-dealkylation sites (tertiary alicyclic amines) is 1. The van der Waals surface area contributed by atoms with E-state index in [1.165, 1.54) is 0 Å². The summed E-state index contributed by atoms with van der Waals surface area (Å²) in [5, 5.41) is -0.447. The fourth-order valence-corrected chi connectivity index (χ4v) is 2.30. The lowest BCUT2D eigenvalue weighted by Gasteiger charge is -2.25. The van der Waals surface area contributed by atoms with Crippen LogP contribution in [0, 0.1) is 0 Å². The average molecular weight is 239 g/mol. The van der Waals surface area contributed by atoms with Gasteiger partial charge < -0.3 is 4.90 Å². The van der Waals surface area contributed by atoms with E-state index in [-0.39, 0.29) is 11.9 Å². The quantitative estimate of drug-likeness (QED) is 0.742. The molecule has 0 unspecified atom stereocenters. The van der Waals surface area contributed by atoms with Gasteiger partial charge >= 0.3 is 0 Å². The van der Waals surface area contributed by atoms with E-state index in [9.17, 15) is 4.79 Å². The van der Waals surface area contributed by atoms with Crippen LogP contribution in [-0.2, 0) is 4.79 Å². The van der Waals surface area contributed by atoms with Crippen molar-refractivity contribution in [3.8, 4) is 0 Å². The van der Waals surface area contributed by atoms with Crippen LogP contribution in [-0.4, -0.2) is 27.7 Å². The molecule has 4 heteroatoms. The van der Waals surface area contributed by atoms with Crippen molar-refractivity contribution >= 4 is 17.5 Å². The number of hydrogen-bond acceptors (Lipinski definition) is 2. The fourth-order valence-electron chi connectivity index (χ4n) is 2.18. The highest BCUT2D eigenvalue weighted by atomic mass is 35.5. The first kappa shape index (κ1) is 11.4. The van der Waals surface area contributed by atoms with E-state index in [4.69, 9.17) is 11.6 Å². The van der Waals surface area contributed by atoms with Crippen LogP contribution in [0.2, 0.25) is 0 Å². The minimum atomic E-state index is -0.447. The van der Waals surface area contributed by atoms with Crippen LogP contribution in [0.25, 0.3) is 0 Å². The molecule has 1 aromatic rings. The smallest absolute Gasteiger partial charge is 0.240 e. The molecule has 1 aliphatic rings. The predicted molar refractivity (Wildman–Crippen MR) is 63.2 cm³/mol. The summed E-state index contributed by atoms with van der Waals surface area (Å²) in [5.74, 6) is 0.0213. The van der Waals surface area contributed by atoms with Gasteiger partial charge in [-0.3, -0.25) is 9.78 Å². The summed E-state index contributed by atoms with van der Waals surface area (Å²) in [6.07, 6.45) is 5.61. The zero-order valence-corrected chi connectivity index (χ0v) is 10.0. The molecule has 16 heavy (non-hydrogen) atoms. The minimum Gasteiger partial charge on any atom is -0.334 e. The van der Waals surface area contributed by atoms with Crippen molar-refractivity contribution < 1.29 is 4.79 Å². The molecule has 1 aliphatic heterocycles. The van der Waals surface area contributed by atoms with E-state index in [0.717, 1.165) is 24.9 Å². The first-order valence-corrected chi connectivity index (χ1v) is 5.98. The van der Waals surface area contributed by atoms with Crippen LogP contribution in [0.1, 0.15) is 31.4 Å². The van der Waals surface area contributed by atoms with Crippen LogP contribution in [0.15, 0.2) is 24.5 Å². The summed E-state index contributed by atoms with van der Waals surface area (Å²) in [6.45, 7) is 2.53. The van der Waals surface area contributed by atoms with Gasteiger partial charge in [-0.15, -0.1) is 11.6 Å². The van der Waals surface area contributed by atoms with Gasteiger partial charge in [-0.05, 0) is 31.4 Å². The molecule has 1 fully saturated rings. The largest absolute Gasteiger partial charge is 0.334 e. The van der Waals surface area contributed by atoms with E-state index in [1.807, 2.05) is 23.2 Å². The van der Waals surface area contributed by atoms with E-state index >= 15 is 0 Å². The number of halogens is 1. The number of nitrogens with zero attached hydrogens (tertiary/aromatic N) is 2. The molecule has 2 rings (SSSR count). The third-order valence-corrected chi connectivity index (χ3v) is 3.13. The molecule has 1 aromatic heterocycles. The highest BCUT2D eigenvalue weighted by Gasteiger charge is 2.31. The molecular weight excluding hydrogens is 224 g/mol. The number of alkyl halides is 1. The summed E-state index contributed by atoms with van der Waals surface area (Å²) in [4.78, 5) is 17.9. The first-order valence-electron chi connectivity index (χ1n) is 5.54. The lowest BCUT2D eigenvalue weighted by atomic mass is 10.1.